The zero-order chi connectivity index (χ0) is 16.7. The van der Waals surface area contributed by atoms with E-state index in [4.69, 9.17) is 4.74 Å². The molecule has 7 heteroatoms. The van der Waals surface area contributed by atoms with Crippen molar-refractivity contribution in [3.63, 3.8) is 0 Å². The molecule has 1 aliphatic heterocycles. The Hall–Kier alpha value is -1.51. The van der Waals surface area contributed by atoms with E-state index in [-0.39, 0.29) is 29.9 Å². The van der Waals surface area contributed by atoms with Gasteiger partial charge in [-0.15, -0.1) is 24.0 Å². The van der Waals surface area contributed by atoms with Crippen LogP contribution in [0.2, 0.25) is 0 Å². The fourth-order valence-corrected chi connectivity index (χ4v) is 2.36. The molecule has 24 heavy (non-hydrogen) atoms. The minimum Gasteiger partial charge on any atom is -0.492 e. The van der Waals surface area contributed by atoms with Crippen molar-refractivity contribution in [2.24, 2.45) is 4.99 Å². The number of fused-ring (bicyclic) bond motifs is 1. The number of aliphatic imine (C=N–C) groups is 1. The summed E-state index contributed by atoms with van der Waals surface area (Å²) in [6.07, 6.45) is 1.30. The van der Waals surface area contributed by atoms with E-state index in [9.17, 15) is 4.79 Å². The Bertz CT molecular complexity index is 576. The summed E-state index contributed by atoms with van der Waals surface area (Å²) in [5, 5.41) is 9.34. The lowest BCUT2D eigenvalue weighted by Gasteiger charge is -2.17. The van der Waals surface area contributed by atoms with Gasteiger partial charge in [0.25, 0.3) is 0 Å². The van der Waals surface area contributed by atoms with Gasteiger partial charge in [-0.25, -0.2) is 4.99 Å². The van der Waals surface area contributed by atoms with Crippen molar-refractivity contribution in [3.05, 3.63) is 23.8 Å². The van der Waals surface area contributed by atoms with Crippen molar-refractivity contribution >= 4 is 41.5 Å². The molecule has 1 heterocycles. The van der Waals surface area contributed by atoms with Gasteiger partial charge in [0.2, 0.25) is 5.91 Å². The van der Waals surface area contributed by atoms with Gasteiger partial charge in [0, 0.05) is 24.7 Å². The summed E-state index contributed by atoms with van der Waals surface area (Å²) < 4.78 is 5.76. The van der Waals surface area contributed by atoms with Gasteiger partial charge in [0.15, 0.2) is 5.96 Å². The summed E-state index contributed by atoms with van der Waals surface area (Å²) in [6.45, 7) is 8.12. The summed E-state index contributed by atoms with van der Waals surface area (Å²) in [4.78, 5) is 15.8. The monoisotopic (exact) mass is 446 g/mol. The van der Waals surface area contributed by atoms with Crippen LogP contribution in [0.25, 0.3) is 0 Å². The zero-order valence-corrected chi connectivity index (χ0v) is 16.8. The maximum atomic E-state index is 11.3. The number of hydrogen-bond acceptors (Lipinski definition) is 3. The Labute approximate surface area is 160 Å². The van der Waals surface area contributed by atoms with Crippen LogP contribution in [0.15, 0.2) is 23.2 Å². The second-order valence-corrected chi connectivity index (χ2v) is 5.78. The van der Waals surface area contributed by atoms with Gasteiger partial charge >= 0.3 is 0 Å². The van der Waals surface area contributed by atoms with Crippen molar-refractivity contribution in [2.45, 2.75) is 39.7 Å². The lowest BCUT2D eigenvalue weighted by molar-refractivity contribution is -0.116. The highest BCUT2D eigenvalue weighted by molar-refractivity contribution is 14.0. The first kappa shape index (κ1) is 20.5. The largest absolute Gasteiger partial charge is 0.492 e. The van der Waals surface area contributed by atoms with Crippen LogP contribution in [0.4, 0.5) is 5.69 Å². The van der Waals surface area contributed by atoms with Gasteiger partial charge in [0.05, 0.1) is 6.54 Å². The maximum Gasteiger partial charge on any atom is 0.224 e. The second-order valence-electron chi connectivity index (χ2n) is 5.78. The molecule has 0 spiro atoms. The third kappa shape index (κ3) is 6.54. The van der Waals surface area contributed by atoms with Crippen LogP contribution in [0.5, 0.6) is 5.75 Å². The van der Waals surface area contributed by atoms with E-state index in [1.807, 2.05) is 25.1 Å². The van der Waals surface area contributed by atoms with Crippen LogP contribution in [0, 0.1) is 0 Å². The van der Waals surface area contributed by atoms with E-state index in [0.29, 0.717) is 25.6 Å². The fourth-order valence-electron chi connectivity index (χ4n) is 2.36. The zero-order valence-electron chi connectivity index (χ0n) is 14.5. The molecule has 0 radical (unpaired) electrons. The van der Waals surface area contributed by atoms with Crippen molar-refractivity contribution in [3.8, 4) is 5.75 Å². The number of aryl methyl sites for hydroxylation is 1. The number of nitrogens with zero attached hydrogens (tertiary/aromatic N) is 1. The van der Waals surface area contributed by atoms with Gasteiger partial charge in [-0.1, -0.05) is 0 Å². The molecule has 2 rings (SSSR count). The molecule has 1 aromatic carbocycles. The molecule has 0 aliphatic carbocycles. The topological polar surface area (TPSA) is 74.8 Å². The number of halogens is 1. The molecular weight excluding hydrogens is 419 g/mol. The van der Waals surface area contributed by atoms with Gasteiger partial charge in [0.1, 0.15) is 12.4 Å². The van der Waals surface area contributed by atoms with Crippen molar-refractivity contribution in [1.82, 2.24) is 10.6 Å². The van der Waals surface area contributed by atoms with E-state index >= 15 is 0 Å². The highest BCUT2D eigenvalue weighted by Gasteiger charge is 2.14. The van der Waals surface area contributed by atoms with E-state index in [0.717, 1.165) is 35.9 Å². The molecule has 0 unspecified atom stereocenters. The van der Waals surface area contributed by atoms with Gasteiger partial charge in [-0.2, -0.15) is 0 Å². The maximum absolute atomic E-state index is 11.3. The normalized spacial score (nSPS) is 13.7. The molecule has 6 nitrogen and oxygen atoms in total. The highest BCUT2D eigenvalue weighted by atomic mass is 127. The smallest absolute Gasteiger partial charge is 0.224 e. The minimum atomic E-state index is 0. The number of hydrogen-bond donors (Lipinski definition) is 3. The molecule has 0 aromatic heterocycles. The number of carbonyl (C=O) groups excluding carboxylic acids is 1. The number of nitrogens with one attached hydrogen (secondary N) is 3. The average Bonchev–Trinajstić information content (AvgIpc) is 2.51. The van der Waals surface area contributed by atoms with E-state index in [2.05, 4.69) is 34.8 Å². The number of amides is 1. The third-order valence-corrected chi connectivity index (χ3v) is 3.37. The summed E-state index contributed by atoms with van der Waals surface area (Å²) in [5.74, 6) is 1.70. The van der Waals surface area contributed by atoms with Crippen molar-refractivity contribution in [2.75, 3.05) is 25.0 Å². The predicted molar refractivity (Wildman–Crippen MR) is 109 cm³/mol. The molecule has 0 saturated heterocycles. The SMILES string of the molecule is CCNC(=NCCOc1ccc2c(c1)CCC(=O)N2)NC(C)C.I. The lowest BCUT2D eigenvalue weighted by Crippen LogP contribution is -2.41. The van der Waals surface area contributed by atoms with Gasteiger partial charge in [-0.05, 0) is 51.0 Å². The van der Waals surface area contributed by atoms with Crippen molar-refractivity contribution in [1.29, 1.82) is 0 Å². The standard InChI is InChI=1S/C17H26N4O2.HI/c1-4-18-17(20-12(2)3)19-9-10-23-14-6-7-15-13(11-14)5-8-16(22)21-15;/h6-7,11-12H,4-5,8-10H2,1-3H3,(H,21,22)(H2,18,19,20);1H. The summed E-state index contributed by atoms with van der Waals surface area (Å²) in [5.41, 5.74) is 2.02. The molecule has 1 aliphatic rings. The first-order valence-corrected chi connectivity index (χ1v) is 8.19. The van der Waals surface area contributed by atoms with Crippen LogP contribution in [-0.4, -0.2) is 37.6 Å². The number of ether oxygens (including phenoxy) is 1. The average molecular weight is 446 g/mol. The van der Waals surface area contributed by atoms with Gasteiger partial charge < -0.3 is 20.7 Å². The Morgan fingerprint density at radius 1 is 1.38 bits per heavy atom. The number of carbonyl (C=O) groups is 1. The number of benzene rings is 1. The molecule has 0 fully saturated rings. The molecule has 0 atom stereocenters. The van der Waals surface area contributed by atoms with E-state index in [1.165, 1.54) is 0 Å². The molecule has 3 N–H and O–H groups in total. The molecular formula is C17H27IN4O2. The Kier molecular flexibility index (Phi) is 8.88. The van der Waals surface area contributed by atoms with Gasteiger partial charge in [-0.3, -0.25) is 4.79 Å². The minimum absolute atomic E-state index is 0. The van der Waals surface area contributed by atoms with Crippen LogP contribution in [0.1, 0.15) is 32.8 Å². The highest BCUT2D eigenvalue weighted by Crippen LogP contribution is 2.26. The summed E-state index contributed by atoms with van der Waals surface area (Å²) in [7, 11) is 0. The Morgan fingerprint density at radius 3 is 2.88 bits per heavy atom. The molecule has 1 amide bonds. The second kappa shape index (κ2) is 10.4. The van der Waals surface area contributed by atoms with E-state index < -0.39 is 0 Å². The van der Waals surface area contributed by atoms with Crippen LogP contribution in [-0.2, 0) is 11.2 Å². The first-order valence-electron chi connectivity index (χ1n) is 8.19. The number of guanidine groups is 1. The fraction of sp³-hybridized carbons (Fsp3) is 0.529. The quantitative estimate of drug-likeness (QED) is 0.272. The van der Waals surface area contributed by atoms with Crippen LogP contribution >= 0.6 is 24.0 Å². The molecule has 134 valence electrons. The van der Waals surface area contributed by atoms with Crippen LogP contribution in [0.3, 0.4) is 0 Å². The lowest BCUT2D eigenvalue weighted by atomic mass is 10.0. The Balaban J connectivity index is 0.00000288. The molecule has 0 saturated carbocycles. The Morgan fingerprint density at radius 2 is 2.17 bits per heavy atom. The molecule has 0 bridgehead atoms. The predicted octanol–water partition coefficient (Wildman–Crippen LogP) is 2.53. The van der Waals surface area contributed by atoms with Crippen molar-refractivity contribution < 1.29 is 9.53 Å². The van der Waals surface area contributed by atoms with Crippen LogP contribution < -0.4 is 20.7 Å². The number of anilines is 1. The third-order valence-electron chi connectivity index (χ3n) is 3.37. The summed E-state index contributed by atoms with van der Waals surface area (Å²) in [6, 6.07) is 6.11. The number of rotatable bonds is 6. The molecule has 1 aromatic rings. The first-order chi connectivity index (χ1) is 11.1. The van der Waals surface area contributed by atoms with E-state index in [1.54, 1.807) is 0 Å². The summed E-state index contributed by atoms with van der Waals surface area (Å²) >= 11 is 0.